The first kappa shape index (κ1) is 13.5. The van der Waals surface area contributed by atoms with Gasteiger partial charge in [0.05, 0.1) is 5.69 Å². The molecule has 1 N–H and O–H groups in total. The summed E-state index contributed by atoms with van der Waals surface area (Å²) in [6.45, 7) is 5.45. The third-order valence-corrected chi connectivity index (χ3v) is 3.29. The summed E-state index contributed by atoms with van der Waals surface area (Å²) in [4.78, 5) is 2.11. The second kappa shape index (κ2) is 6.26. The minimum atomic E-state index is 0.410. The molecular weight excluding hydrogens is 264 g/mol. The average Bonchev–Trinajstić information content (AvgIpc) is 2.25. The van der Waals surface area contributed by atoms with Crippen LogP contribution in [0.4, 0.5) is 5.69 Å². The Labute approximate surface area is 107 Å². The average molecular weight is 285 g/mol. The molecule has 3 heteroatoms. The predicted molar refractivity (Wildman–Crippen MR) is 75.2 cm³/mol. The molecule has 0 fully saturated rings. The molecule has 0 aliphatic carbocycles. The second-order valence-corrected chi connectivity index (χ2v) is 5.14. The van der Waals surface area contributed by atoms with Crippen molar-refractivity contribution in [2.75, 3.05) is 25.5 Å². The monoisotopic (exact) mass is 284 g/mol. The zero-order valence-corrected chi connectivity index (χ0v) is 12.1. The van der Waals surface area contributed by atoms with Gasteiger partial charge in [0, 0.05) is 24.6 Å². The van der Waals surface area contributed by atoms with E-state index in [1.54, 1.807) is 0 Å². The smallest absolute Gasteiger partial charge is 0.0505 e. The number of nitrogens with zero attached hydrogens (tertiary/aromatic N) is 1. The van der Waals surface area contributed by atoms with Crippen LogP contribution in [0.25, 0.3) is 0 Å². The van der Waals surface area contributed by atoms with E-state index in [0.717, 1.165) is 11.0 Å². The van der Waals surface area contributed by atoms with Crippen LogP contribution >= 0.6 is 15.9 Å². The third kappa shape index (κ3) is 3.49. The van der Waals surface area contributed by atoms with Gasteiger partial charge in [0.25, 0.3) is 0 Å². The fourth-order valence-electron chi connectivity index (χ4n) is 1.63. The van der Waals surface area contributed by atoms with Gasteiger partial charge in [0.2, 0.25) is 0 Å². The number of anilines is 1. The van der Waals surface area contributed by atoms with Crippen LogP contribution in [0.2, 0.25) is 0 Å². The molecule has 1 rings (SSSR count). The van der Waals surface area contributed by atoms with Crippen LogP contribution in [0.3, 0.4) is 0 Å². The molecule has 0 amide bonds. The molecule has 0 aromatic heterocycles. The van der Waals surface area contributed by atoms with Gasteiger partial charge in [0.15, 0.2) is 0 Å². The highest BCUT2D eigenvalue weighted by Crippen LogP contribution is 2.28. The number of rotatable bonds is 5. The molecule has 0 saturated carbocycles. The summed E-state index contributed by atoms with van der Waals surface area (Å²) in [5.74, 6) is 0. The van der Waals surface area contributed by atoms with Gasteiger partial charge in [-0.25, -0.2) is 0 Å². The fourth-order valence-corrected chi connectivity index (χ4v) is 2.39. The maximum absolute atomic E-state index is 3.61. The van der Waals surface area contributed by atoms with E-state index in [9.17, 15) is 0 Å². The minimum absolute atomic E-state index is 0.410. The Bertz CT molecular complexity index is 337. The molecule has 1 unspecified atom stereocenters. The van der Waals surface area contributed by atoms with Gasteiger partial charge >= 0.3 is 0 Å². The topological polar surface area (TPSA) is 15.3 Å². The maximum Gasteiger partial charge on any atom is 0.0505 e. The van der Waals surface area contributed by atoms with Crippen LogP contribution in [0.5, 0.6) is 0 Å². The Morgan fingerprint density at radius 2 is 2.06 bits per heavy atom. The van der Waals surface area contributed by atoms with E-state index in [2.05, 4.69) is 72.3 Å². The first-order valence-electron chi connectivity index (χ1n) is 5.76. The number of hydrogen-bond donors (Lipinski definition) is 1. The van der Waals surface area contributed by atoms with Crippen LogP contribution in [0.15, 0.2) is 22.7 Å². The lowest BCUT2D eigenvalue weighted by Gasteiger charge is -2.18. The van der Waals surface area contributed by atoms with Gasteiger partial charge in [-0.1, -0.05) is 13.0 Å². The van der Waals surface area contributed by atoms with Crippen molar-refractivity contribution in [3.8, 4) is 0 Å². The van der Waals surface area contributed by atoms with E-state index in [1.807, 2.05) is 0 Å². The third-order valence-electron chi connectivity index (χ3n) is 2.65. The van der Waals surface area contributed by atoms with Gasteiger partial charge in [-0.2, -0.15) is 0 Å². The van der Waals surface area contributed by atoms with E-state index in [4.69, 9.17) is 0 Å². The summed E-state index contributed by atoms with van der Waals surface area (Å²) >= 11 is 3.61. The Morgan fingerprint density at radius 3 is 2.56 bits per heavy atom. The number of benzene rings is 1. The molecule has 0 aliphatic heterocycles. The highest BCUT2D eigenvalue weighted by atomic mass is 79.9. The summed E-state index contributed by atoms with van der Waals surface area (Å²) in [7, 11) is 4.11. The Balaban J connectivity index is 2.80. The van der Waals surface area contributed by atoms with E-state index < -0.39 is 0 Å². The van der Waals surface area contributed by atoms with Crippen LogP contribution < -0.4 is 10.2 Å². The summed E-state index contributed by atoms with van der Waals surface area (Å²) < 4.78 is 1.15. The zero-order chi connectivity index (χ0) is 12.1. The first-order chi connectivity index (χ1) is 7.56. The second-order valence-electron chi connectivity index (χ2n) is 4.28. The van der Waals surface area contributed by atoms with Crippen molar-refractivity contribution in [2.24, 2.45) is 0 Å². The van der Waals surface area contributed by atoms with Crippen molar-refractivity contribution in [1.82, 2.24) is 5.32 Å². The number of nitrogens with one attached hydrogen (secondary N) is 1. The molecular formula is C13H21BrN2. The summed E-state index contributed by atoms with van der Waals surface area (Å²) in [5, 5.41) is 3.49. The van der Waals surface area contributed by atoms with Crippen molar-refractivity contribution in [2.45, 2.75) is 26.3 Å². The summed E-state index contributed by atoms with van der Waals surface area (Å²) in [6.07, 6.45) is 1.17. The molecule has 0 aliphatic rings. The molecule has 0 heterocycles. The minimum Gasteiger partial charge on any atom is -0.377 e. The molecule has 0 saturated heterocycles. The van der Waals surface area contributed by atoms with Crippen molar-refractivity contribution in [1.29, 1.82) is 0 Å². The lowest BCUT2D eigenvalue weighted by Crippen LogP contribution is -2.19. The van der Waals surface area contributed by atoms with E-state index >= 15 is 0 Å². The number of hydrogen-bond acceptors (Lipinski definition) is 2. The molecule has 90 valence electrons. The van der Waals surface area contributed by atoms with Gasteiger partial charge in [-0.3, -0.25) is 0 Å². The van der Waals surface area contributed by atoms with Crippen LogP contribution in [0.1, 0.15) is 31.9 Å². The summed E-state index contributed by atoms with van der Waals surface area (Å²) in [6, 6.07) is 6.95. The molecule has 2 nitrogen and oxygen atoms in total. The number of halogens is 1. The highest BCUT2D eigenvalue weighted by Gasteiger charge is 2.07. The van der Waals surface area contributed by atoms with Crippen LogP contribution in [0, 0.1) is 0 Å². The maximum atomic E-state index is 3.61. The van der Waals surface area contributed by atoms with Gasteiger partial charge in [-0.15, -0.1) is 0 Å². The normalized spacial score (nSPS) is 12.6. The fraction of sp³-hybridized carbons (Fsp3) is 0.538. The molecule has 0 radical (unpaired) electrons. The Kier molecular flexibility index (Phi) is 5.29. The Hall–Kier alpha value is -0.540. The lowest BCUT2D eigenvalue weighted by molar-refractivity contribution is 0.570. The zero-order valence-electron chi connectivity index (χ0n) is 10.5. The van der Waals surface area contributed by atoms with Gasteiger partial charge in [-0.05, 0) is 53.5 Å². The predicted octanol–water partition coefficient (Wildman–Crippen LogP) is 3.58. The molecule has 1 atom stereocenters. The van der Waals surface area contributed by atoms with E-state index in [0.29, 0.717) is 6.04 Å². The van der Waals surface area contributed by atoms with E-state index in [1.165, 1.54) is 17.7 Å². The molecule has 1 aromatic rings. The van der Waals surface area contributed by atoms with Crippen molar-refractivity contribution in [3.63, 3.8) is 0 Å². The Morgan fingerprint density at radius 1 is 1.38 bits per heavy atom. The van der Waals surface area contributed by atoms with Gasteiger partial charge < -0.3 is 10.2 Å². The molecule has 16 heavy (non-hydrogen) atoms. The SMILES string of the molecule is CCCNC(C)c1ccc(N(C)C)c(Br)c1. The first-order valence-corrected chi connectivity index (χ1v) is 6.55. The quantitative estimate of drug-likeness (QED) is 0.889. The van der Waals surface area contributed by atoms with Gasteiger partial charge in [0.1, 0.15) is 0 Å². The standard InChI is InChI=1S/C13H21BrN2/c1-5-8-15-10(2)11-6-7-13(16(3)4)12(14)9-11/h6-7,9-10,15H,5,8H2,1-4H3. The summed E-state index contributed by atoms with van der Waals surface area (Å²) in [5.41, 5.74) is 2.54. The van der Waals surface area contributed by atoms with Crippen LogP contribution in [-0.4, -0.2) is 20.6 Å². The van der Waals surface area contributed by atoms with Crippen molar-refractivity contribution >= 4 is 21.6 Å². The molecule has 1 aromatic carbocycles. The van der Waals surface area contributed by atoms with E-state index in [-0.39, 0.29) is 0 Å². The highest BCUT2D eigenvalue weighted by molar-refractivity contribution is 9.10. The largest absolute Gasteiger partial charge is 0.377 e. The van der Waals surface area contributed by atoms with Crippen LogP contribution in [-0.2, 0) is 0 Å². The van der Waals surface area contributed by atoms with Crippen molar-refractivity contribution in [3.05, 3.63) is 28.2 Å². The molecule has 0 bridgehead atoms. The van der Waals surface area contributed by atoms with Crippen molar-refractivity contribution < 1.29 is 0 Å². The molecule has 0 spiro atoms. The lowest BCUT2D eigenvalue weighted by atomic mass is 10.1.